The Morgan fingerprint density at radius 3 is 2.71 bits per heavy atom. The van der Waals surface area contributed by atoms with Crippen LogP contribution in [0.4, 0.5) is 5.82 Å². The molecule has 0 spiro atoms. The molecule has 3 heterocycles. The molecule has 24 heavy (non-hydrogen) atoms. The Balaban J connectivity index is 1.70. The van der Waals surface area contributed by atoms with Crippen LogP contribution in [0.2, 0.25) is 0 Å². The van der Waals surface area contributed by atoms with Crippen molar-refractivity contribution in [3.63, 3.8) is 0 Å². The predicted octanol–water partition coefficient (Wildman–Crippen LogP) is 3.66. The molecule has 0 bridgehead atoms. The molecule has 4 nitrogen and oxygen atoms in total. The van der Waals surface area contributed by atoms with Crippen molar-refractivity contribution in [3.05, 3.63) is 40.6 Å². The van der Waals surface area contributed by atoms with E-state index in [0.29, 0.717) is 5.92 Å². The van der Waals surface area contributed by atoms with Crippen molar-refractivity contribution < 1.29 is 0 Å². The largest absolute Gasteiger partial charge is 0.369 e. The second-order valence-corrected chi connectivity index (χ2v) is 7.30. The van der Waals surface area contributed by atoms with Gasteiger partial charge in [-0.1, -0.05) is 24.6 Å². The third-order valence-electron chi connectivity index (χ3n) is 5.68. The van der Waals surface area contributed by atoms with Crippen LogP contribution in [-0.4, -0.2) is 40.9 Å². The average Bonchev–Trinajstić information content (AvgIpc) is 3.18. The van der Waals surface area contributed by atoms with Gasteiger partial charge in [-0.05, 0) is 64.4 Å². The molecule has 128 valence electrons. The van der Waals surface area contributed by atoms with Crippen molar-refractivity contribution in [3.8, 4) is 5.69 Å². The Labute approximate surface area is 144 Å². The third-order valence-corrected chi connectivity index (χ3v) is 5.68. The normalized spacial score (nSPS) is 18.6. The number of piperidine rings is 1. The lowest BCUT2D eigenvalue weighted by atomic mass is 9.91. The lowest BCUT2D eigenvalue weighted by molar-refractivity contribution is 0.220. The SMILES string of the molecule is CCN1CCC(c2nn(-c3ccc(C)cc3C)c3c2CCN3)CC1. The van der Waals surface area contributed by atoms with Crippen molar-refractivity contribution >= 4 is 5.82 Å². The van der Waals surface area contributed by atoms with Crippen molar-refractivity contribution in [1.82, 2.24) is 14.7 Å². The van der Waals surface area contributed by atoms with E-state index in [1.165, 1.54) is 66.4 Å². The van der Waals surface area contributed by atoms with Gasteiger partial charge in [0, 0.05) is 18.0 Å². The number of rotatable bonds is 3. The van der Waals surface area contributed by atoms with E-state index in [0.717, 1.165) is 13.0 Å². The molecule has 0 unspecified atom stereocenters. The zero-order valence-electron chi connectivity index (χ0n) is 15.1. The molecule has 4 heteroatoms. The number of aromatic nitrogens is 2. The number of fused-ring (bicyclic) bond motifs is 1. The summed E-state index contributed by atoms with van der Waals surface area (Å²) in [6.45, 7) is 11.2. The minimum atomic E-state index is 0.619. The van der Waals surface area contributed by atoms with Crippen molar-refractivity contribution in [1.29, 1.82) is 0 Å². The summed E-state index contributed by atoms with van der Waals surface area (Å²) < 4.78 is 2.17. The standard InChI is InChI=1S/C20H28N4/c1-4-23-11-8-16(9-12-23)19-17-7-10-21-20(17)24(22-19)18-6-5-14(2)13-15(18)3/h5-6,13,16,21H,4,7-12H2,1-3H3. The van der Waals surface area contributed by atoms with E-state index < -0.39 is 0 Å². The van der Waals surface area contributed by atoms with Gasteiger partial charge in [0.1, 0.15) is 5.82 Å². The minimum Gasteiger partial charge on any atom is -0.369 e. The molecule has 0 atom stereocenters. The van der Waals surface area contributed by atoms with Crippen LogP contribution in [-0.2, 0) is 6.42 Å². The number of benzene rings is 1. The fraction of sp³-hybridized carbons (Fsp3) is 0.550. The molecule has 2 aliphatic rings. The molecule has 0 aliphatic carbocycles. The monoisotopic (exact) mass is 324 g/mol. The number of anilines is 1. The van der Waals surface area contributed by atoms with Crippen LogP contribution >= 0.6 is 0 Å². The Morgan fingerprint density at radius 2 is 2.00 bits per heavy atom. The molecular formula is C20H28N4. The van der Waals surface area contributed by atoms with E-state index in [1.54, 1.807) is 0 Å². The first-order valence-electron chi connectivity index (χ1n) is 9.33. The van der Waals surface area contributed by atoms with Crippen LogP contribution in [0.1, 0.15) is 48.1 Å². The Morgan fingerprint density at radius 1 is 1.21 bits per heavy atom. The van der Waals surface area contributed by atoms with Crippen LogP contribution in [0.15, 0.2) is 18.2 Å². The average molecular weight is 324 g/mol. The summed E-state index contributed by atoms with van der Waals surface area (Å²) in [5.74, 6) is 1.85. The molecule has 0 saturated carbocycles. The summed E-state index contributed by atoms with van der Waals surface area (Å²) >= 11 is 0. The highest BCUT2D eigenvalue weighted by atomic mass is 15.3. The van der Waals surface area contributed by atoms with Gasteiger partial charge >= 0.3 is 0 Å². The summed E-state index contributed by atoms with van der Waals surface area (Å²) in [6.07, 6.45) is 3.60. The minimum absolute atomic E-state index is 0.619. The van der Waals surface area contributed by atoms with Crippen LogP contribution in [0.5, 0.6) is 0 Å². The van der Waals surface area contributed by atoms with E-state index in [9.17, 15) is 0 Å². The van der Waals surface area contributed by atoms with Crippen LogP contribution in [0.3, 0.4) is 0 Å². The first-order valence-corrected chi connectivity index (χ1v) is 9.33. The van der Waals surface area contributed by atoms with E-state index in [4.69, 9.17) is 5.10 Å². The van der Waals surface area contributed by atoms with Gasteiger partial charge in [-0.3, -0.25) is 0 Å². The Hall–Kier alpha value is -1.81. The zero-order chi connectivity index (χ0) is 16.7. The van der Waals surface area contributed by atoms with Gasteiger partial charge in [0.25, 0.3) is 0 Å². The molecule has 1 saturated heterocycles. The molecule has 1 aromatic heterocycles. The number of hydrogen-bond acceptors (Lipinski definition) is 3. The first-order chi connectivity index (χ1) is 11.7. The maximum Gasteiger partial charge on any atom is 0.133 e. The lowest BCUT2D eigenvalue weighted by Crippen LogP contribution is -2.33. The highest BCUT2D eigenvalue weighted by molar-refractivity contribution is 5.59. The summed E-state index contributed by atoms with van der Waals surface area (Å²) in [6, 6.07) is 6.64. The van der Waals surface area contributed by atoms with E-state index >= 15 is 0 Å². The zero-order valence-corrected chi connectivity index (χ0v) is 15.1. The number of nitrogens with zero attached hydrogens (tertiary/aromatic N) is 3. The topological polar surface area (TPSA) is 33.1 Å². The maximum absolute atomic E-state index is 5.10. The highest BCUT2D eigenvalue weighted by Crippen LogP contribution is 2.37. The van der Waals surface area contributed by atoms with Crippen LogP contribution < -0.4 is 5.32 Å². The molecule has 1 aromatic carbocycles. The molecule has 4 rings (SSSR count). The van der Waals surface area contributed by atoms with Gasteiger partial charge in [-0.25, -0.2) is 4.68 Å². The number of aryl methyl sites for hydroxylation is 2. The Kier molecular flexibility index (Phi) is 4.09. The van der Waals surface area contributed by atoms with Gasteiger partial charge in [0.2, 0.25) is 0 Å². The third kappa shape index (κ3) is 2.63. The molecule has 1 N–H and O–H groups in total. The van der Waals surface area contributed by atoms with Gasteiger partial charge in [0.05, 0.1) is 11.4 Å². The van der Waals surface area contributed by atoms with Crippen molar-refractivity contribution in [2.45, 2.75) is 46.0 Å². The maximum atomic E-state index is 5.10. The van der Waals surface area contributed by atoms with Crippen molar-refractivity contribution in [2.24, 2.45) is 0 Å². The molecule has 2 aromatic rings. The second-order valence-electron chi connectivity index (χ2n) is 7.30. The number of nitrogens with one attached hydrogen (secondary N) is 1. The van der Waals surface area contributed by atoms with Gasteiger partial charge < -0.3 is 10.2 Å². The summed E-state index contributed by atoms with van der Waals surface area (Å²) in [4.78, 5) is 2.55. The van der Waals surface area contributed by atoms with Crippen LogP contribution in [0.25, 0.3) is 5.69 Å². The molecule has 0 amide bonds. The molecule has 0 radical (unpaired) electrons. The van der Waals surface area contributed by atoms with E-state index in [1.807, 2.05) is 0 Å². The summed E-state index contributed by atoms with van der Waals surface area (Å²) in [5.41, 5.74) is 6.63. The smallest absolute Gasteiger partial charge is 0.133 e. The highest BCUT2D eigenvalue weighted by Gasteiger charge is 2.30. The molecule has 2 aliphatic heterocycles. The van der Waals surface area contributed by atoms with Crippen LogP contribution in [0, 0.1) is 13.8 Å². The fourth-order valence-corrected chi connectivity index (χ4v) is 4.27. The molecular weight excluding hydrogens is 296 g/mol. The van der Waals surface area contributed by atoms with Gasteiger partial charge in [-0.15, -0.1) is 0 Å². The lowest BCUT2D eigenvalue weighted by Gasteiger charge is -2.30. The molecule has 1 fully saturated rings. The number of likely N-dealkylation sites (tertiary alicyclic amines) is 1. The quantitative estimate of drug-likeness (QED) is 0.935. The van der Waals surface area contributed by atoms with Gasteiger partial charge in [0.15, 0.2) is 0 Å². The number of hydrogen-bond donors (Lipinski definition) is 1. The fourth-order valence-electron chi connectivity index (χ4n) is 4.27. The summed E-state index contributed by atoms with van der Waals surface area (Å²) in [7, 11) is 0. The predicted molar refractivity (Wildman–Crippen MR) is 99.3 cm³/mol. The Bertz CT molecular complexity index is 738. The van der Waals surface area contributed by atoms with Gasteiger partial charge in [-0.2, -0.15) is 5.10 Å². The van der Waals surface area contributed by atoms with Crippen molar-refractivity contribution in [2.75, 3.05) is 31.5 Å². The second kappa shape index (κ2) is 6.25. The summed E-state index contributed by atoms with van der Waals surface area (Å²) in [5, 5.41) is 8.68. The van der Waals surface area contributed by atoms with E-state index in [-0.39, 0.29) is 0 Å². The van der Waals surface area contributed by atoms with E-state index in [2.05, 4.69) is 53.9 Å². The first kappa shape index (κ1) is 15.7.